The number of aryl methyl sites for hydroxylation is 1. The number of hydrogen-bond acceptors (Lipinski definition) is 4. The largest absolute Gasteiger partial charge is 0.384 e. The van der Waals surface area contributed by atoms with Crippen molar-refractivity contribution in [1.82, 2.24) is 14.8 Å². The van der Waals surface area contributed by atoms with Gasteiger partial charge in [-0.3, -0.25) is 4.79 Å². The van der Waals surface area contributed by atoms with Gasteiger partial charge in [-0.15, -0.1) is 0 Å². The number of nitrogen functional groups attached to an aromatic ring is 1. The van der Waals surface area contributed by atoms with Gasteiger partial charge < -0.3 is 5.73 Å². The zero-order valence-electron chi connectivity index (χ0n) is 8.92. The third-order valence-corrected chi connectivity index (χ3v) is 2.18. The monoisotopic (exact) mass is 216 g/mol. The predicted octanol–water partition coefficient (Wildman–Crippen LogP) is 0.577. The van der Waals surface area contributed by atoms with Crippen LogP contribution in [0.5, 0.6) is 0 Å². The van der Waals surface area contributed by atoms with Crippen LogP contribution in [-0.4, -0.2) is 14.8 Å². The molecule has 0 bridgehead atoms. The van der Waals surface area contributed by atoms with Crippen LogP contribution in [0.25, 0.3) is 0 Å². The van der Waals surface area contributed by atoms with Crippen molar-refractivity contribution in [3.63, 3.8) is 0 Å². The lowest BCUT2D eigenvalue weighted by Crippen LogP contribution is -2.23. The van der Waals surface area contributed by atoms with Gasteiger partial charge in [-0.2, -0.15) is 5.10 Å². The molecule has 0 aliphatic heterocycles. The Morgan fingerprint density at radius 1 is 1.31 bits per heavy atom. The quantitative estimate of drug-likeness (QED) is 0.796. The minimum atomic E-state index is -0.123. The van der Waals surface area contributed by atoms with Crippen molar-refractivity contribution < 1.29 is 0 Å². The Hall–Kier alpha value is -2.17. The second-order valence-corrected chi connectivity index (χ2v) is 3.56. The summed E-state index contributed by atoms with van der Waals surface area (Å²) < 4.78 is 1.41. The van der Waals surface area contributed by atoms with Crippen molar-refractivity contribution in [3.05, 3.63) is 52.1 Å². The standard InChI is InChI=1S/C11H12N4O/c1-8-2-5-11(16)15(14-8)7-9-3-4-10(12)13-6-9/h2-6H,7H2,1H3,(H2,12,13). The fourth-order valence-corrected chi connectivity index (χ4v) is 1.37. The summed E-state index contributed by atoms with van der Waals surface area (Å²) in [5, 5.41) is 4.14. The van der Waals surface area contributed by atoms with Crippen molar-refractivity contribution in [1.29, 1.82) is 0 Å². The summed E-state index contributed by atoms with van der Waals surface area (Å²) in [5.41, 5.74) is 7.06. The van der Waals surface area contributed by atoms with Crippen molar-refractivity contribution >= 4 is 5.82 Å². The van der Waals surface area contributed by atoms with Gasteiger partial charge in [-0.1, -0.05) is 6.07 Å². The Morgan fingerprint density at radius 2 is 2.12 bits per heavy atom. The van der Waals surface area contributed by atoms with Crippen LogP contribution in [0.3, 0.4) is 0 Å². The lowest BCUT2D eigenvalue weighted by atomic mass is 10.3. The normalized spacial score (nSPS) is 10.3. The molecule has 0 aliphatic carbocycles. The molecule has 0 saturated heterocycles. The summed E-state index contributed by atoms with van der Waals surface area (Å²) in [6.07, 6.45) is 1.64. The molecule has 0 atom stereocenters. The molecule has 0 radical (unpaired) electrons. The summed E-state index contributed by atoms with van der Waals surface area (Å²) in [4.78, 5) is 15.5. The van der Waals surface area contributed by atoms with E-state index < -0.39 is 0 Å². The van der Waals surface area contributed by atoms with Gasteiger partial charge in [-0.05, 0) is 24.6 Å². The van der Waals surface area contributed by atoms with Crippen LogP contribution in [0.15, 0.2) is 35.3 Å². The van der Waals surface area contributed by atoms with E-state index >= 15 is 0 Å². The highest BCUT2D eigenvalue weighted by atomic mass is 16.1. The smallest absolute Gasteiger partial charge is 0.267 e. The molecule has 0 unspecified atom stereocenters. The van der Waals surface area contributed by atoms with Crippen LogP contribution >= 0.6 is 0 Å². The van der Waals surface area contributed by atoms with Gasteiger partial charge in [0, 0.05) is 12.3 Å². The van der Waals surface area contributed by atoms with Crippen molar-refractivity contribution in [2.24, 2.45) is 0 Å². The Kier molecular flexibility index (Phi) is 2.68. The van der Waals surface area contributed by atoms with E-state index in [0.29, 0.717) is 12.4 Å². The zero-order valence-corrected chi connectivity index (χ0v) is 8.92. The van der Waals surface area contributed by atoms with Gasteiger partial charge in [-0.25, -0.2) is 9.67 Å². The Labute approximate surface area is 92.6 Å². The van der Waals surface area contributed by atoms with Crippen LogP contribution < -0.4 is 11.3 Å². The third-order valence-electron chi connectivity index (χ3n) is 2.18. The molecule has 5 heteroatoms. The number of pyridine rings is 1. The molecule has 2 rings (SSSR count). The number of hydrogen-bond donors (Lipinski definition) is 1. The van der Waals surface area contributed by atoms with Gasteiger partial charge in [0.25, 0.3) is 5.56 Å². The molecule has 5 nitrogen and oxygen atoms in total. The molecule has 0 aromatic carbocycles. The Bertz CT molecular complexity index is 545. The lowest BCUT2D eigenvalue weighted by Gasteiger charge is -2.04. The fourth-order valence-electron chi connectivity index (χ4n) is 1.37. The first-order chi connectivity index (χ1) is 7.65. The predicted molar refractivity (Wildman–Crippen MR) is 61.0 cm³/mol. The number of rotatable bonds is 2. The highest BCUT2D eigenvalue weighted by Gasteiger charge is 2.00. The molecule has 0 amide bonds. The number of nitrogens with zero attached hydrogens (tertiary/aromatic N) is 3. The molecule has 2 aromatic heterocycles. The molecule has 2 aromatic rings. The van der Waals surface area contributed by atoms with Gasteiger partial charge in [0.15, 0.2) is 0 Å². The van der Waals surface area contributed by atoms with E-state index in [4.69, 9.17) is 5.73 Å². The highest BCUT2D eigenvalue weighted by molar-refractivity contribution is 5.29. The molecular weight excluding hydrogens is 204 g/mol. The van der Waals surface area contributed by atoms with Crippen molar-refractivity contribution in [2.75, 3.05) is 5.73 Å². The summed E-state index contributed by atoms with van der Waals surface area (Å²) in [5.74, 6) is 0.466. The summed E-state index contributed by atoms with van der Waals surface area (Å²) in [6.45, 7) is 2.25. The second kappa shape index (κ2) is 4.14. The van der Waals surface area contributed by atoms with Gasteiger partial charge in [0.1, 0.15) is 5.82 Å². The van der Waals surface area contributed by atoms with E-state index in [1.54, 1.807) is 18.3 Å². The number of aromatic nitrogens is 3. The molecule has 2 N–H and O–H groups in total. The van der Waals surface area contributed by atoms with Crippen LogP contribution in [0.1, 0.15) is 11.3 Å². The third kappa shape index (κ3) is 2.25. The van der Waals surface area contributed by atoms with Crippen LogP contribution in [0.4, 0.5) is 5.82 Å². The summed E-state index contributed by atoms with van der Waals surface area (Å²) in [6, 6.07) is 6.74. The fraction of sp³-hybridized carbons (Fsp3) is 0.182. The Balaban J connectivity index is 2.30. The van der Waals surface area contributed by atoms with Gasteiger partial charge in [0.05, 0.1) is 12.2 Å². The first-order valence-electron chi connectivity index (χ1n) is 4.90. The minimum Gasteiger partial charge on any atom is -0.384 e. The number of anilines is 1. The topological polar surface area (TPSA) is 73.8 Å². The summed E-state index contributed by atoms with van der Waals surface area (Å²) in [7, 11) is 0. The molecule has 0 fully saturated rings. The molecule has 0 saturated carbocycles. The average Bonchev–Trinajstić information content (AvgIpc) is 2.27. The Morgan fingerprint density at radius 3 is 2.81 bits per heavy atom. The molecule has 0 spiro atoms. The van der Waals surface area contributed by atoms with E-state index in [1.807, 2.05) is 13.0 Å². The van der Waals surface area contributed by atoms with E-state index in [2.05, 4.69) is 10.1 Å². The van der Waals surface area contributed by atoms with Crippen LogP contribution in [-0.2, 0) is 6.54 Å². The average molecular weight is 216 g/mol. The minimum absolute atomic E-state index is 0.123. The molecule has 0 aliphatic rings. The number of nitrogens with two attached hydrogens (primary N) is 1. The van der Waals surface area contributed by atoms with E-state index in [9.17, 15) is 4.79 Å². The molecular formula is C11H12N4O. The molecule has 82 valence electrons. The van der Waals surface area contributed by atoms with Crippen molar-refractivity contribution in [2.45, 2.75) is 13.5 Å². The van der Waals surface area contributed by atoms with Crippen LogP contribution in [0, 0.1) is 6.92 Å². The van der Waals surface area contributed by atoms with Gasteiger partial charge in [0.2, 0.25) is 0 Å². The van der Waals surface area contributed by atoms with E-state index in [-0.39, 0.29) is 5.56 Å². The second-order valence-electron chi connectivity index (χ2n) is 3.56. The first-order valence-corrected chi connectivity index (χ1v) is 4.90. The zero-order chi connectivity index (χ0) is 11.5. The molecule has 2 heterocycles. The lowest BCUT2D eigenvalue weighted by molar-refractivity contribution is 0.627. The maximum atomic E-state index is 11.5. The summed E-state index contributed by atoms with van der Waals surface area (Å²) >= 11 is 0. The maximum absolute atomic E-state index is 11.5. The van der Waals surface area contributed by atoms with Crippen LogP contribution in [0.2, 0.25) is 0 Å². The van der Waals surface area contributed by atoms with Gasteiger partial charge >= 0.3 is 0 Å². The maximum Gasteiger partial charge on any atom is 0.267 e. The van der Waals surface area contributed by atoms with E-state index in [0.717, 1.165) is 11.3 Å². The van der Waals surface area contributed by atoms with E-state index in [1.165, 1.54) is 10.7 Å². The SMILES string of the molecule is Cc1ccc(=O)n(Cc2ccc(N)nc2)n1. The van der Waals surface area contributed by atoms with Crippen molar-refractivity contribution in [3.8, 4) is 0 Å². The first kappa shape index (κ1) is 10.4. The highest BCUT2D eigenvalue weighted by Crippen LogP contribution is 2.02. The molecule has 16 heavy (non-hydrogen) atoms.